The number of morpholine rings is 1. The van der Waals surface area contributed by atoms with E-state index >= 15 is 0 Å². The summed E-state index contributed by atoms with van der Waals surface area (Å²) in [6.07, 6.45) is 2.10. The Hall–Kier alpha value is -1.18. The predicted octanol–water partition coefficient (Wildman–Crippen LogP) is -0.751. The van der Waals surface area contributed by atoms with Gasteiger partial charge in [-0.3, -0.25) is 9.59 Å². The van der Waals surface area contributed by atoms with E-state index in [4.69, 9.17) is 19.7 Å². The first-order valence-electron chi connectivity index (χ1n) is 6.89. The van der Waals surface area contributed by atoms with E-state index in [0.717, 1.165) is 19.4 Å². The van der Waals surface area contributed by atoms with Crippen LogP contribution in [0.3, 0.4) is 0 Å². The lowest BCUT2D eigenvalue weighted by Crippen LogP contribution is -2.53. The van der Waals surface area contributed by atoms with Crippen LogP contribution in [0.15, 0.2) is 0 Å². The fraction of sp³-hybridized carbons (Fsp3) is 0.846. The van der Waals surface area contributed by atoms with Crippen LogP contribution < -0.4 is 0 Å². The number of carbonyl (C=O) groups excluding carboxylic acids is 1. The summed E-state index contributed by atoms with van der Waals surface area (Å²) >= 11 is 0. The number of hydrogen-bond donors (Lipinski definition) is 2. The smallest absolute Gasteiger partial charge is 0.290 e. The number of carbonyl (C=O) groups is 2. The van der Waals surface area contributed by atoms with Gasteiger partial charge < -0.3 is 24.7 Å². The topological polar surface area (TPSA) is 90.3 Å². The Labute approximate surface area is 119 Å². The van der Waals surface area contributed by atoms with Gasteiger partial charge in [-0.25, -0.2) is 0 Å². The molecule has 0 spiro atoms. The first-order chi connectivity index (χ1) is 9.63. The molecule has 1 saturated heterocycles. The van der Waals surface area contributed by atoms with Crippen molar-refractivity contribution in [2.75, 3.05) is 46.5 Å². The van der Waals surface area contributed by atoms with E-state index in [1.54, 1.807) is 0 Å². The Kier molecular flexibility index (Phi) is 7.50. The van der Waals surface area contributed by atoms with Crippen LogP contribution in [0.4, 0.5) is 0 Å². The zero-order chi connectivity index (χ0) is 15.0. The normalized spacial score (nSPS) is 22.1. The SMILES string of the molecule is CN(CCO)CC1COCCN1C(=O)C1CC1.O=CO. The highest BCUT2D eigenvalue weighted by atomic mass is 16.5. The summed E-state index contributed by atoms with van der Waals surface area (Å²) < 4.78 is 5.46. The highest BCUT2D eigenvalue weighted by Crippen LogP contribution is 2.32. The van der Waals surface area contributed by atoms with E-state index in [1.807, 2.05) is 16.8 Å². The van der Waals surface area contributed by atoms with Gasteiger partial charge in [-0.2, -0.15) is 0 Å². The van der Waals surface area contributed by atoms with E-state index in [2.05, 4.69) is 0 Å². The summed E-state index contributed by atoms with van der Waals surface area (Å²) in [5.74, 6) is 0.578. The van der Waals surface area contributed by atoms with Crippen molar-refractivity contribution >= 4 is 12.4 Å². The number of hydrogen-bond acceptors (Lipinski definition) is 5. The van der Waals surface area contributed by atoms with Crippen LogP contribution >= 0.6 is 0 Å². The maximum absolute atomic E-state index is 12.1. The monoisotopic (exact) mass is 288 g/mol. The van der Waals surface area contributed by atoms with Gasteiger partial charge in [0.25, 0.3) is 6.47 Å². The summed E-state index contributed by atoms with van der Waals surface area (Å²) in [6.45, 7) is 3.31. The first-order valence-corrected chi connectivity index (χ1v) is 6.89. The summed E-state index contributed by atoms with van der Waals surface area (Å²) in [4.78, 5) is 24.5. The second kappa shape index (κ2) is 8.89. The molecule has 2 N–H and O–H groups in total. The molecule has 116 valence electrons. The molecule has 0 aromatic rings. The molecule has 1 atom stereocenters. The highest BCUT2D eigenvalue weighted by molar-refractivity contribution is 5.81. The van der Waals surface area contributed by atoms with E-state index in [9.17, 15) is 4.79 Å². The third-order valence-electron chi connectivity index (χ3n) is 3.44. The number of rotatable bonds is 5. The van der Waals surface area contributed by atoms with Gasteiger partial charge in [-0.15, -0.1) is 0 Å². The van der Waals surface area contributed by atoms with Gasteiger partial charge in [0.1, 0.15) is 0 Å². The molecule has 1 heterocycles. The van der Waals surface area contributed by atoms with Gasteiger partial charge in [0.15, 0.2) is 0 Å². The number of nitrogens with zero attached hydrogens (tertiary/aromatic N) is 2. The second-order valence-electron chi connectivity index (χ2n) is 5.13. The van der Waals surface area contributed by atoms with Gasteiger partial charge in [0, 0.05) is 25.6 Å². The summed E-state index contributed by atoms with van der Waals surface area (Å²) in [7, 11) is 1.96. The molecular formula is C13H24N2O5. The minimum absolute atomic E-state index is 0.147. The molecule has 2 fully saturated rings. The molecule has 1 unspecified atom stereocenters. The maximum Gasteiger partial charge on any atom is 0.290 e. The second-order valence-corrected chi connectivity index (χ2v) is 5.13. The molecule has 20 heavy (non-hydrogen) atoms. The molecule has 0 bridgehead atoms. The summed E-state index contributed by atoms with van der Waals surface area (Å²) in [5.41, 5.74) is 0. The Balaban J connectivity index is 0.000000612. The van der Waals surface area contributed by atoms with Crippen molar-refractivity contribution in [1.29, 1.82) is 0 Å². The van der Waals surface area contributed by atoms with Crippen molar-refractivity contribution in [2.24, 2.45) is 5.92 Å². The maximum atomic E-state index is 12.1. The van der Waals surface area contributed by atoms with Crippen molar-refractivity contribution in [1.82, 2.24) is 9.80 Å². The first kappa shape index (κ1) is 16.9. The fourth-order valence-corrected chi connectivity index (χ4v) is 2.28. The molecule has 0 aromatic carbocycles. The standard InChI is InChI=1S/C12H22N2O3.CH2O2/c1-13(4-6-15)8-11-9-17-7-5-14(11)12(16)10-2-3-10;2-1-3/h10-11,15H,2-9H2,1H3;1H,(H,2,3). The third-order valence-corrected chi connectivity index (χ3v) is 3.44. The number of aliphatic hydroxyl groups is 1. The quantitative estimate of drug-likeness (QED) is 0.647. The molecule has 1 aliphatic carbocycles. The van der Waals surface area contributed by atoms with Crippen LogP contribution in [0.25, 0.3) is 0 Å². The average molecular weight is 288 g/mol. The average Bonchev–Trinajstić information content (AvgIpc) is 3.24. The van der Waals surface area contributed by atoms with Crippen molar-refractivity contribution in [3.8, 4) is 0 Å². The van der Waals surface area contributed by atoms with Gasteiger partial charge in [-0.05, 0) is 19.9 Å². The van der Waals surface area contributed by atoms with Gasteiger partial charge >= 0.3 is 0 Å². The number of aliphatic hydroxyl groups excluding tert-OH is 1. The number of likely N-dealkylation sites (N-methyl/N-ethyl adjacent to an activating group) is 1. The lowest BCUT2D eigenvalue weighted by Gasteiger charge is -2.37. The predicted molar refractivity (Wildman–Crippen MR) is 72.3 cm³/mol. The molecular weight excluding hydrogens is 264 g/mol. The molecule has 0 aromatic heterocycles. The van der Waals surface area contributed by atoms with Crippen LogP contribution in [-0.2, 0) is 14.3 Å². The third kappa shape index (κ3) is 5.44. The van der Waals surface area contributed by atoms with Crippen LogP contribution in [0.5, 0.6) is 0 Å². The molecule has 1 saturated carbocycles. The van der Waals surface area contributed by atoms with Crippen LogP contribution in [-0.4, -0.2) is 84.9 Å². The Morgan fingerprint density at radius 1 is 1.50 bits per heavy atom. The van der Waals surface area contributed by atoms with Crippen molar-refractivity contribution in [3.05, 3.63) is 0 Å². The van der Waals surface area contributed by atoms with Crippen molar-refractivity contribution in [2.45, 2.75) is 18.9 Å². The van der Waals surface area contributed by atoms with E-state index in [1.165, 1.54) is 0 Å². The molecule has 7 nitrogen and oxygen atoms in total. The number of carboxylic acid groups (broad SMARTS) is 1. The van der Waals surface area contributed by atoms with Gasteiger partial charge in [-0.1, -0.05) is 0 Å². The van der Waals surface area contributed by atoms with Crippen molar-refractivity contribution in [3.63, 3.8) is 0 Å². The van der Waals surface area contributed by atoms with Gasteiger partial charge in [0.2, 0.25) is 5.91 Å². The molecule has 2 rings (SSSR count). The minimum Gasteiger partial charge on any atom is -0.483 e. The van der Waals surface area contributed by atoms with E-state index < -0.39 is 0 Å². The zero-order valence-electron chi connectivity index (χ0n) is 11.9. The number of amides is 1. The van der Waals surface area contributed by atoms with Crippen LogP contribution in [0, 0.1) is 5.92 Å². The van der Waals surface area contributed by atoms with E-state index in [0.29, 0.717) is 32.2 Å². The van der Waals surface area contributed by atoms with Crippen LogP contribution in [0.1, 0.15) is 12.8 Å². The Morgan fingerprint density at radius 3 is 2.70 bits per heavy atom. The minimum atomic E-state index is -0.250. The highest BCUT2D eigenvalue weighted by Gasteiger charge is 2.37. The van der Waals surface area contributed by atoms with Gasteiger partial charge in [0.05, 0.1) is 25.9 Å². The fourth-order valence-electron chi connectivity index (χ4n) is 2.28. The van der Waals surface area contributed by atoms with Crippen LogP contribution in [0.2, 0.25) is 0 Å². The molecule has 0 radical (unpaired) electrons. The zero-order valence-corrected chi connectivity index (χ0v) is 11.9. The Bertz CT molecular complexity index is 309. The molecule has 1 aliphatic heterocycles. The summed E-state index contributed by atoms with van der Waals surface area (Å²) in [5, 5.41) is 15.8. The molecule has 7 heteroatoms. The largest absolute Gasteiger partial charge is 0.483 e. The number of ether oxygens (including phenoxy) is 1. The molecule has 1 amide bonds. The Morgan fingerprint density at radius 2 is 2.15 bits per heavy atom. The lowest BCUT2D eigenvalue weighted by molar-refractivity contribution is -0.142. The van der Waals surface area contributed by atoms with Crippen molar-refractivity contribution < 1.29 is 24.5 Å². The summed E-state index contributed by atoms with van der Waals surface area (Å²) in [6, 6.07) is 0.147. The molecule has 2 aliphatic rings. The van der Waals surface area contributed by atoms with E-state index in [-0.39, 0.29) is 25.0 Å². The lowest BCUT2D eigenvalue weighted by atomic mass is 10.2.